The third-order valence-corrected chi connectivity index (χ3v) is 6.05. The average molecular weight is 365 g/mol. The van der Waals surface area contributed by atoms with Crippen molar-refractivity contribution in [3.8, 4) is 0 Å². The number of ether oxygens (including phenoxy) is 1. The van der Waals surface area contributed by atoms with Gasteiger partial charge in [-0.05, 0) is 56.3 Å². The third-order valence-electron chi connectivity index (χ3n) is 5.80. The summed E-state index contributed by atoms with van der Waals surface area (Å²) in [5.41, 5.74) is 1.39. The molecule has 0 radical (unpaired) electrons. The molecule has 2 atom stereocenters. The van der Waals surface area contributed by atoms with E-state index in [0.717, 1.165) is 24.5 Å². The van der Waals surface area contributed by atoms with E-state index in [-0.39, 0.29) is 0 Å². The first-order chi connectivity index (χ1) is 12.2. The largest absolute Gasteiger partial charge is 0.378 e. The van der Waals surface area contributed by atoms with Gasteiger partial charge in [0, 0.05) is 44.4 Å². The first-order valence-corrected chi connectivity index (χ1v) is 10.4. The van der Waals surface area contributed by atoms with E-state index in [9.17, 15) is 0 Å². The molecule has 0 amide bonds. The van der Waals surface area contributed by atoms with E-state index < -0.39 is 0 Å². The van der Waals surface area contributed by atoms with Crippen molar-refractivity contribution in [2.75, 3.05) is 46.4 Å². The van der Waals surface area contributed by atoms with E-state index in [4.69, 9.17) is 16.3 Å². The van der Waals surface area contributed by atoms with Gasteiger partial charge in [-0.2, -0.15) is 0 Å². The van der Waals surface area contributed by atoms with E-state index >= 15 is 0 Å². The lowest BCUT2D eigenvalue weighted by atomic mass is 9.82. The van der Waals surface area contributed by atoms with Crippen molar-refractivity contribution >= 4 is 11.6 Å². The Hall–Kier alpha value is -0.610. The van der Waals surface area contributed by atoms with Crippen LogP contribution in [0.2, 0.25) is 5.02 Å². The summed E-state index contributed by atoms with van der Waals surface area (Å²) >= 11 is 6.01. The predicted molar refractivity (Wildman–Crippen MR) is 105 cm³/mol. The van der Waals surface area contributed by atoms with Crippen molar-refractivity contribution in [3.63, 3.8) is 0 Å². The molecule has 1 saturated carbocycles. The molecule has 2 aliphatic rings. The SMILES string of the molecule is CN1CCN(CCCOC2CCCCC2Cc2ccc(Cl)cc2)CC1. The fourth-order valence-electron chi connectivity index (χ4n) is 4.14. The fraction of sp³-hybridized carbons (Fsp3) is 0.714. The lowest BCUT2D eigenvalue weighted by Gasteiger charge is -2.33. The van der Waals surface area contributed by atoms with Crippen LogP contribution in [0.5, 0.6) is 0 Å². The molecular formula is C21H33ClN2O. The second-order valence-electron chi connectivity index (χ2n) is 7.78. The molecule has 1 saturated heterocycles. The highest BCUT2D eigenvalue weighted by Crippen LogP contribution is 2.30. The molecule has 25 heavy (non-hydrogen) atoms. The van der Waals surface area contributed by atoms with Gasteiger partial charge in [-0.15, -0.1) is 0 Å². The van der Waals surface area contributed by atoms with Gasteiger partial charge in [-0.25, -0.2) is 0 Å². The molecule has 0 aromatic heterocycles. The Labute approximate surface area is 158 Å². The number of piperazine rings is 1. The normalized spacial score (nSPS) is 26.0. The van der Waals surface area contributed by atoms with Crippen LogP contribution in [-0.2, 0) is 11.2 Å². The molecule has 2 unspecified atom stereocenters. The minimum Gasteiger partial charge on any atom is -0.378 e. The molecule has 3 rings (SSSR count). The van der Waals surface area contributed by atoms with Gasteiger partial charge in [0.2, 0.25) is 0 Å². The van der Waals surface area contributed by atoms with Crippen LogP contribution in [0.1, 0.15) is 37.7 Å². The highest BCUT2D eigenvalue weighted by Gasteiger charge is 2.26. The highest BCUT2D eigenvalue weighted by atomic mass is 35.5. The molecule has 0 spiro atoms. The Morgan fingerprint density at radius 3 is 2.52 bits per heavy atom. The molecule has 140 valence electrons. The number of benzene rings is 1. The van der Waals surface area contributed by atoms with Crippen LogP contribution >= 0.6 is 11.6 Å². The zero-order valence-corrected chi connectivity index (χ0v) is 16.4. The van der Waals surface area contributed by atoms with Crippen LogP contribution in [0.15, 0.2) is 24.3 Å². The second-order valence-corrected chi connectivity index (χ2v) is 8.22. The minimum absolute atomic E-state index is 0.442. The van der Waals surface area contributed by atoms with Gasteiger partial charge in [0.05, 0.1) is 6.10 Å². The smallest absolute Gasteiger partial charge is 0.0606 e. The monoisotopic (exact) mass is 364 g/mol. The van der Waals surface area contributed by atoms with Gasteiger partial charge in [0.15, 0.2) is 0 Å². The van der Waals surface area contributed by atoms with Crippen molar-refractivity contribution in [2.24, 2.45) is 5.92 Å². The molecule has 1 aliphatic heterocycles. The Kier molecular flexibility index (Phi) is 7.60. The van der Waals surface area contributed by atoms with E-state index in [1.807, 2.05) is 12.1 Å². The van der Waals surface area contributed by atoms with Crippen molar-refractivity contribution in [1.82, 2.24) is 9.80 Å². The molecule has 1 aromatic carbocycles. The summed E-state index contributed by atoms with van der Waals surface area (Å²) in [7, 11) is 2.21. The fourth-order valence-corrected chi connectivity index (χ4v) is 4.27. The Morgan fingerprint density at radius 2 is 1.76 bits per heavy atom. The number of hydrogen-bond acceptors (Lipinski definition) is 3. The van der Waals surface area contributed by atoms with Gasteiger partial charge in [0.25, 0.3) is 0 Å². The van der Waals surface area contributed by atoms with E-state index in [1.165, 1.54) is 64.0 Å². The standard InChI is InChI=1S/C21H33ClN2O/c1-23-12-14-24(15-13-23)11-4-16-25-21-6-3-2-5-19(21)17-18-7-9-20(22)10-8-18/h7-10,19,21H,2-6,11-17H2,1H3. The van der Waals surface area contributed by atoms with E-state index in [1.54, 1.807) is 0 Å². The maximum atomic E-state index is 6.34. The lowest BCUT2D eigenvalue weighted by molar-refractivity contribution is -0.0149. The number of halogens is 1. The maximum absolute atomic E-state index is 6.34. The summed E-state index contributed by atoms with van der Waals surface area (Å²) in [6, 6.07) is 8.35. The lowest BCUT2D eigenvalue weighted by Crippen LogP contribution is -2.44. The topological polar surface area (TPSA) is 15.7 Å². The number of hydrogen-bond donors (Lipinski definition) is 0. The molecule has 0 N–H and O–H groups in total. The van der Waals surface area contributed by atoms with E-state index in [0.29, 0.717) is 12.0 Å². The quantitative estimate of drug-likeness (QED) is 0.677. The molecule has 0 bridgehead atoms. The van der Waals surface area contributed by atoms with Crippen LogP contribution in [0.25, 0.3) is 0 Å². The predicted octanol–water partition coefficient (Wildman–Crippen LogP) is 4.10. The molecule has 1 aromatic rings. The number of likely N-dealkylation sites (N-methyl/N-ethyl adjacent to an activating group) is 1. The summed E-state index contributed by atoms with van der Waals surface area (Å²) in [6.07, 6.45) is 7.92. The summed E-state index contributed by atoms with van der Waals surface area (Å²) < 4.78 is 6.34. The first kappa shape index (κ1) is 19.2. The summed E-state index contributed by atoms with van der Waals surface area (Å²) in [5, 5.41) is 0.823. The summed E-state index contributed by atoms with van der Waals surface area (Å²) in [4.78, 5) is 4.99. The number of rotatable bonds is 7. The van der Waals surface area contributed by atoms with Crippen molar-refractivity contribution in [1.29, 1.82) is 0 Å². The van der Waals surface area contributed by atoms with Gasteiger partial charge in [-0.1, -0.05) is 36.6 Å². The Bertz CT molecular complexity index is 499. The molecule has 1 heterocycles. The first-order valence-electron chi connectivity index (χ1n) is 9.97. The van der Waals surface area contributed by atoms with Gasteiger partial charge < -0.3 is 14.5 Å². The van der Waals surface area contributed by atoms with Crippen LogP contribution in [0.3, 0.4) is 0 Å². The zero-order valence-electron chi connectivity index (χ0n) is 15.6. The molecule has 2 fully saturated rings. The molecule has 3 nitrogen and oxygen atoms in total. The second kappa shape index (κ2) is 9.91. The van der Waals surface area contributed by atoms with Crippen molar-refractivity contribution < 1.29 is 4.74 Å². The zero-order chi connectivity index (χ0) is 17.5. The molecule has 1 aliphatic carbocycles. The average Bonchev–Trinajstić information content (AvgIpc) is 2.63. The highest BCUT2D eigenvalue weighted by molar-refractivity contribution is 6.30. The summed E-state index contributed by atoms with van der Waals surface area (Å²) in [6.45, 7) is 6.91. The van der Waals surface area contributed by atoms with Gasteiger partial charge in [0.1, 0.15) is 0 Å². The van der Waals surface area contributed by atoms with Gasteiger partial charge >= 0.3 is 0 Å². The van der Waals surface area contributed by atoms with Crippen LogP contribution in [0.4, 0.5) is 0 Å². The van der Waals surface area contributed by atoms with E-state index in [2.05, 4.69) is 29.0 Å². The third kappa shape index (κ3) is 6.25. The molecular weight excluding hydrogens is 332 g/mol. The number of nitrogens with zero attached hydrogens (tertiary/aromatic N) is 2. The summed E-state index contributed by atoms with van der Waals surface area (Å²) in [5.74, 6) is 0.665. The van der Waals surface area contributed by atoms with Crippen molar-refractivity contribution in [2.45, 2.75) is 44.6 Å². The Balaban J connectivity index is 1.39. The maximum Gasteiger partial charge on any atom is 0.0606 e. The van der Waals surface area contributed by atoms with Crippen molar-refractivity contribution in [3.05, 3.63) is 34.9 Å². The molecule has 4 heteroatoms. The van der Waals surface area contributed by atoms with Crippen LogP contribution in [0, 0.1) is 5.92 Å². The minimum atomic E-state index is 0.442. The Morgan fingerprint density at radius 1 is 1.04 bits per heavy atom. The van der Waals surface area contributed by atoms with Crippen LogP contribution in [-0.4, -0.2) is 62.3 Å². The van der Waals surface area contributed by atoms with Crippen LogP contribution < -0.4 is 0 Å². The van der Waals surface area contributed by atoms with Gasteiger partial charge in [-0.3, -0.25) is 0 Å².